The van der Waals surface area contributed by atoms with Crippen LogP contribution in [-0.2, 0) is 14.3 Å². The van der Waals surface area contributed by atoms with Crippen molar-refractivity contribution in [3.8, 4) is 0 Å². The summed E-state index contributed by atoms with van der Waals surface area (Å²) in [4.78, 5) is 27.1. The molecule has 2 saturated carbocycles. The lowest BCUT2D eigenvalue weighted by Crippen LogP contribution is -2.65. The Morgan fingerprint density at radius 1 is 1.16 bits per heavy atom. The third-order valence-electron chi connectivity index (χ3n) is 9.51. The van der Waals surface area contributed by atoms with Crippen LogP contribution in [0.25, 0.3) is 0 Å². The van der Waals surface area contributed by atoms with Gasteiger partial charge in [-0.1, -0.05) is 88.8 Å². The number of allylic oxidation sites excluding steroid dienone is 8. The van der Waals surface area contributed by atoms with Gasteiger partial charge < -0.3 is 20.1 Å². The van der Waals surface area contributed by atoms with Gasteiger partial charge in [-0.2, -0.15) is 0 Å². The van der Waals surface area contributed by atoms with E-state index in [1.165, 1.54) is 6.08 Å². The normalized spacial score (nSPS) is 39.7. The molecule has 2 bridgehead atoms. The quantitative estimate of drug-likeness (QED) is 0.189. The maximum absolute atomic E-state index is 14.3. The molecule has 8 atom stereocenters. The monoisotopic (exact) mass is 522 g/mol. The standard InChI is InChI=1S/C32H42O6/c1-6-7-8-9-10-11-12-13-14-15-25(34)38-29-20(2)18-31-21(3)16-24-26(30(24,4)5)23(28(31)36)17-22(19-33)27(35)32(29,31)37/h8-15,17-18,21,23-24,26-27,29,33,35,37H,6-7,16,19H2,1-5H3. The van der Waals surface area contributed by atoms with Crippen LogP contribution in [0.15, 0.2) is 71.9 Å². The van der Waals surface area contributed by atoms with Crippen molar-refractivity contribution in [2.45, 2.75) is 71.7 Å². The maximum Gasteiger partial charge on any atom is 0.331 e. The average Bonchev–Trinajstić information content (AvgIpc) is 3.36. The lowest BCUT2D eigenvalue weighted by Gasteiger charge is -2.48. The third-order valence-corrected chi connectivity index (χ3v) is 9.51. The molecule has 6 nitrogen and oxygen atoms in total. The predicted octanol–water partition coefficient (Wildman–Crippen LogP) is 4.39. The molecule has 0 amide bonds. The summed E-state index contributed by atoms with van der Waals surface area (Å²) in [5.41, 5.74) is -2.86. The molecule has 0 aromatic heterocycles. The molecule has 4 aliphatic rings. The molecule has 0 aliphatic heterocycles. The van der Waals surface area contributed by atoms with Crippen LogP contribution in [0.5, 0.6) is 0 Å². The molecule has 3 N–H and O–H groups in total. The van der Waals surface area contributed by atoms with Crippen molar-refractivity contribution >= 4 is 11.8 Å². The first-order valence-electron chi connectivity index (χ1n) is 13.8. The minimum absolute atomic E-state index is 0.0385. The average molecular weight is 523 g/mol. The fourth-order valence-electron chi connectivity index (χ4n) is 7.48. The predicted molar refractivity (Wildman–Crippen MR) is 147 cm³/mol. The van der Waals surface area contributed by atoms with Gasteiger partial charge in [-0.3, -0.25) is 4.79 Å². The van der Waals surface area contributed by atoms with Gasteiger partial charge in [0.2, 0.25) is 0 Å². The van der Waals surface area contributed by atoms with Gasteiger partial charge in [-0.25, -0.2) is 4.79 Å². The molecule has 4 aliphatic carbocycles. The van der Waals surface area contributed by atoms with Crippen LogP contribution in [0.1, 0.15) is 53.9 Å². The molecule has 0 aromatic carbocycles. The second-order valence-electron chi connectivity index (χ2n) is 12.0. The highest BCUT2D eigenvalue weighted by molar-refractivity contribution is 5.95. The van der Waals surface area contributed by atoms with E-state index in [4.69, 9.17) is 4.74 Å². The van der Waals surface area contributed by atoms with Crippen LogP contribution in [0.2, 0.25) is 0 Å². The van der Waals surface area contributed by atoms with Crippen molar-refractivity contribution in [1.82, 2.24) is 0 Å². The Kier molecular flexibility index (Phi) is 7.91. The number of aliphatic hydroxyl groups excluding tert-OH is 2. The van der Waals surface area contributed by atoms with Gasteiger partial charge in [0.25, 0.3) is 0 Å². The molecule has 0 saturated heterocycles. The molecule has 4 rings (SSSR count). The number of esters is 1. The van der Waals surface area contributed by atoms with E-state index >= 15 is 0 Å². The minimum Gasteiger partial charge on any atom is -0.451 e. The Hall–Kier alpha value is -2.54. The van der Waals surface area contributed by atoms with Gasteiger partial charge in [0.05, 0.1) is 12.0 Å². The van der Waals surface area contributed by atoms with Crippen molar-refractivity contribution in [3.05, 3.63) is 71.9 Å². The number of rotatable bonds is 8. The summed E-state index contributed by atoms with van der Waals surface area (Å²) < 4.78 is 5.76. The van der Waals surface area contributed by atoms with Crippen LogP contribution in [-0.4, -0.2) is 51.5 Å². The summed E-state index contributed by atoms with van der Waals surface area (Å²) in [5.74, 6) is -1.30. The van der Waals surface area contributed by atoms with Gasteiger partial charge in [-0.15, -0.1) is 0 Å². The van der Waals surface area contributed by atoms with Crippen molar-refractivity contribution < 1.29 is 29.6 Å². The molecular weight excluding hydrogens is 480 g/mol. The van der Waals surface area contributed by atoms with E-state index in [9.17, 15) is 24.9 Å². The smallest absolute Gasteiger partial charge is 0.331 e. The van der Waals surface area contributed by atoms with Gasteiger partial charge >= 0.3 is 5.97 Å². The molecule has 8 unspecified atom stereocenters. The number of carbonyl (C=O) groups excluding carboxylic acids is 2. The van der Waals surface area contributed by atoms with Crippen molar-refractivity contribution in [2.24, 2.45) is 34.5 Å². The zero-order valence-corrected chi connectivity index (χ0v) is 23.1. The summed E-state index contributed by atoms with van der Waals surface area (Å²) in [6, 6.07) is 0. The number of unbranched alkanes of at least 4 members (excludes halogenated alkanes) is 1. The highest BCUT2D eigenvalue weighted by atomic mass is 16.6. The van der Waals surface area contributed by atoms with E-state index in [0.717, 1.165) is 12.8 Å². The Morgan fingerprint density at radius 3 is 2.47 bits per heavy atom. The SMILES string of the molecule is CCCC=CC=CC=CC=CC(=O)OC1C(C)=CC23C(=O)C(C=C(CO)C(O)C12O)C1C(CC3C)C1(C)C. The van der Waals surface area contributed by atoms with Gasteiger partial charge in [0.1, 0.15) is 6.10 Å². The van der Waals surface area contributed by atoms with Gasteiger partial charge in [0.15, 0.2) is 17.5 Å². The highest BCUT2D eigenvalue weighted by Crippen LogP contribution is 2.71. The molecule has 38 heavy (non-hydrogen) atoms. The number of hydrogen-bond donors (Lipinski definition) is 3. The van der Waals surface area contributed by atoms with Crippen molar-refractivity contribution in [1.29, 1.82) is 0 Å². The Balaban J connectivity index is 1.61. The topological polar surface area (TPSA) is 104 Å². The molecular formula is C32H42O6. The molecule has 0 heterocycles. The largest absolute Gasteiger partial charge is 0.451 e. The van der Waals surface area contributed by atoms with Gasteiger partial charge in [-0.05, 0) is 54.1 Å². The second kappa shape index (κ2) is 10.6. The minimum atomic E-state index is -2.12. The van der Waals surface area contributed by atoms with E-state index in [0.29, 0.717) is 17.9 Å². The highest BCUT2D eigenvalue weighted by Gasteiger charge is 2.76. The number of fused-ring (bicyclic) bond motifs is 3. The van der Waals surface area contributed by atoms with Crippen molar-refractivity contribution in [3.63, 3.8) is 0 Å². The van der Waals surface area contributed by atoms with E-state index in [1.807, 2.05) is 25.2 Å². The van der Waals surface area contributed by atoms with Crippen LogP contribution in [0.3, 0.4) is 0 Å². The number of ether oxygens (including phenoxy) is 1. The van der Waals surface area contributed by atoms with E-state index in [2.05, 4.69) is 26.8 Å². The van der Waals surface area contributed by atoms with Crippen LogP contribution >= 0.6 is 0 Å². The molecule has 0 radical (unpaired) electrons. The number of Topliss-reactive ketones (excluding diaryl/α,β-unsaturated/α-hetero) is 1. The number of hydrogen-bond acceptors (Lipinski definition) is 6. The number of ketones is 1. The summed E-state index contributed by atoms with van der Waals surface area (Å²) in [5, 5.41) is 34.1. The Labute approximate surface area is 226 Å². The first kappa shape index (κ1) is 28.5. The zero-order valence-electron chi connectivity index (χ0n) is 23.1. The molecule has 2 fully saturated rings. The van der Waals surface area contributed by atoms with Crippen LogP contribution < -0.4 is 0 Å². The third kappa shape index (κ3) is 4.31. The Morgan fingerprint density at radius 2 is 1.82 bits per heavy atom. The van der Waals surface area contributed by atoms with E-state index in [1.54, 1.807) is 37.3 Å². The maximum atomic E-state index is 14.3. The summed E-state index contributed by atoms with van der Waals surface area (Å²) >= 11 is 0. The number of carbonyl (C=O) groups is 2. The Bertz CT molecular complexity index is 1140. The summed E-state index contributed by atoms with van der Waals surface area (Å²) in [6.45, 7) is 9.59. The van der Waals surface area contributed by atoms with Crippen molar-refractivity contribution in [2.75, 3.05) is 6.61 Å². The summed E-state index contributed by atoms with van der Waals surface area (Å²) in [6.07, 6.45) is 17.5. The lowest BCUT2D eigenvalue weighted by atomic mass is 9.59. The van der Waals surface area contributed by atoms with Gasteiger partial charge in [0, 0.05) is 12.0 Å². The van der Waals surface area contributed by atoms with Crippen LogP contribution in [0.4, 0.5) is 0 Å². The van der Waals surface area contributed by atoms with E-state index < -0.39 is 41.7 Å². The van der Waals surface area contributed by atoms with E-state index in [-0.39, 0.29) is 28.6 Å². The lowest BCUT2D eigenvalue weighted by molar-refractivity contribution is -0.201. The summed E-state index contributed by atoms with van der Waals surface area (Å²) in [7, 11) is 0. The molecule has 6 heteroatoms. The first-order chi connectivity index (χ1) is 18.0. The fraction of sp³-hybridized carbons (Fsp3) is 0.562. The fourth-order valence-corrected chi connectivity index (χ4v) is 7.48. The first-order valence-corrected chi connectivity index (χ1v) is 13.8. The molecule has 1 spiro atoms. The second-order valence-corrected chi connectivity index (χ2v) is 12.0. The van der Waals surface area contributed by atoms with Crippen LogP contribution in [0, 0.1) is 34.5 Å². The molecule has 206 valence electrons. The zero-order chi connectivity index (χ0) is 27.9. The number of aliphatic hydroxyl groups is 3. The molecule has 0 aromatic rings.